The van der Waals surface area contributed by atoms with Gasteiger partial charge in [-0.15, -0.1) is 0 Å². The fraction of sp³-hybridized carbons (Fsp3) is 0.625. The number of fused-ring (bicyclic) bond motifs is 1. The lowest BCUT2D eigenvalue weighted by Crippen LogP contribution is -2.45. The molecule has 1 fully saturated rings. The second kappa shape index (κ2) is 5.92. The van der Waals surface area contributed by atoms with Crippen LogP contribution in [0.15, 0.2) is 18.3 Å². The van der Waals surface area contributed by atoms with Crippen LogP contribution in [0.25, 0.3) is 0 Å². The maximum atomic E-state index is 11.4. The van der Waals surface area contributed by atoms with E-state index in [2.05, 4.69) is 16.4 Å². The van der Waals surface area contributed by atoms with Crippen LogP contribution in [0.2, 0.25) is 0 Å². The van der Waals surface area contributed by atoms with Crippen molar-refractivity contribution in [3.8, 4) is 0 Å². The normalized spacial score (nSPS) is 23.4. The summed E-state index contributed by atoms with van der Waals surface area (Å²) in [5.74, 6) is 0.202. The monoisotopic (exact) mass is 273 g/mol. The Morgan fingerprint density at radius 3 is 2.90 bits per heavy atom. The third-order valence-corrected chi connectivity index (χ3v) is 4.57. The lowest BCUT2D eigenvalue weighted by atomic mass is 9.90. The highest BCUT2D eigenvalue weighted by atomic mass is 16.2. The molecule has 0 saturated carbocycles. The molecule has 20 heavy (non-hydrogen) atoms. The molecular formula is C16H23N3O. The van der Waals surface area contributed by atoms with Gasteiger partial charge in [0.15, 0.2) is 0 Å². The Morgan fingerprint density at radius 1 is 1.35 bits per heavy atom. The smallest absolute Gasteiger partial charge is 0.219 e. The Bertz CT molecular complexity index is 480. The minimum atomic E-state index is 0.202. The van der Waals surface area contributed by atoms with Crippen molar-refractivity contribution >= 4 is 5.91 Å². The molecule has 1 atom stereocenters. The van der Waals surface area contributed by atoms with Crippen LogP contribution in [0.1, 0.15) is 49.9 Å². The second-order valence-electron chi connectivity index (χ2n) is 5.94. The molecule has 4 heteroatoms. The van der Waals surface area contributed by atoms with E-state index in [4.69, 9.17) is 0 Å². The van der Waals surface area contributed by atoms with E-state index in [1.54, 1.807) is 6.92 Å². The fourth-order valence-corrected chi connectivity index (χ4v) is 3.42. The number of nitrogens with zero attached hydrogens (tertiary/aromatic N) is 2. The van der Waals surface area contributed by atoms with Gasteiger partial charge in [0, 0.05) is 38.3 Å². The van der Waals surface area contributed by atoms with E-state index in [0.717, 1.165) is 32.4 Å². The first-order chi connectivity index (χ1) is 9.74. The molecule has 1 aliphatic heterocycles. The van der Waals surface area contributed by atoms with Crippen molar-refractivity contribution in [3.05, 3.63) is 29.6 Å². The van der Waals surface area contributed by atoms with Gasteiger partial charge in [-0.1, -0.05) is 6.07 Å². The highest BCUT2D eigenvalue weighted by Gasteiger charge is 2.26. The Morgan fingerprint density at radius 2 is 2.15 bits per heavy atom. The zero-order chi connectivity index (χ0) is 13.9. The first-order valence-electron chi connectivity index (χ1n) is 7.69. The number of aryl methyl sites for hydroxylation is 1. The van der Waals surface area contributed by atoms with E-state index < -0.39 is 0 Å². The summed E-state index contributed by atoms with van der Waals surface area (Å²) in [7, 11) is 0. The third kappa shape index (κ3) is 2.85. The molecule has 2 aliphatic rings. The number of rotatable bonds is 2. The first-order valence-corrected chi connectivity index (χ1v) is 7.69. The summed E-state index contributed by atoms with van der Waals surface area (Å²) in [5.41, 5.74) is 2.64. The van der Waals surface area contributed by atoms with Crippen LogP contribution < -0.4 is 5.32 Å². The average molecular weight is 273 g/mol. The molecule has 0 bridgehead atoms. The predicted octanol–water partition coefficient (Wildman–Crippen LogP) is 2.06. The van der Waals surface area contributed by atoms with Crippen molar-refractivity contribution < 1.29 is 4.79 Å². The largest absolute Gasteiger partial charge is 0.343 e. The molecule has 0 aromatic carbocycles. The summed E-state index contributed by atoms with van der Waals surface area (Å²) >= 11 is 0. The van der Waals surface area contributed by atoms with Crippen molar-refractivity contribution in [2.45, 2.75) is 51.1 Å². The zero-order valence-corrected chi connectivity index (χ0v) is 12.1. The molecule has 0 spiro atoms. The van der Waals surface area contributed by atoms with E-state index in [1.807, 2.05) is 17.2 Å². The Hall–Kier alpha value is -1.42. The van der Waals surface area contributed by atoms with Crippen LogP contribution >= 0.6 is 0 Å². The molecule has 108 valence electrons. The van der Waals surface area contributed by atoms with Crippen LogP contribution in [0.5, 0.6) is 0 Å². The molecule has 1 N–H and O–H groups in total. The third-order valence-electron chi connectivity index (χ3n) is 4.57. The van der Waals surface area contributed by atoms with Gasteiger partial charge in [0.2, 0.25) is 5.91 Å². The summed E-state index contributed by atoms with van der Waals surface area (Å²) in [6.07, 6.45) is 7.58. The van der Waals surface area contributed by atoms with Crippen LogP contribution in [0.3, 0.4) is 0 Å². The Kier molecular flexibility index (Phi) is 4.01. The number of carbonyl (C=O) groups excluding carboxylic acids is 1. The van der Waals surface area contributed by atoms with Crippen molar-refractivity contribution in [2.24, 2.45) is 0 Å². The van der Waals surface area contributed by atoms with Gasteiger partial charge in [-0.25, -0.2) is 0 Å². The summed E-state index contributed by atoms with van der Waals surface area (Å²) in [5, 5.41) is 3.77. The van der Waals surface area contributed by atoms with Crippen LogP contribution in [-0.2, 0) is 11.2 Å². The lowest BCUT2D eigenvalue weighted by molar-refractivity contribution is -0.129. The van der Waals surface area contributed by atoms with Crippen molar-refractivity contribution in [3.63, 3.8) is 0 Å². The van der Waals surface area contributed by atoms with Crippen molar-refractivity contribution in [2.75, 3.05) is 13.1 Å². The van der Waals surface area contributed by atoms with Gasteiger partial charge in [-0.3, -0.25) is 9.78 Å². The van der Waals surface area contributed by atoms with Gasteiger partial charge >= 0.3 is 0 Å². The standard InChI is InChI=1S/C16H23N3O/c1-12(20)19-10-7-14(8-11-19)18-15-6-2-4-13-5-3-9-17-16(13)15/h3,5,9,14-15,18H,2,4,6-8,10-11H2,1H3. The van der Waals surface area contributed by atoms with Crippen molar-refractivity contribution in [1.29, 1.82) is 0 Å². The number of aromatic nitrogens is 1. The maximum absolute atomic E-state index is 11.4. The Labute approximate surface area is 120 Å². The maximum Gasteiger partial charge on any atom is 0.219 e. The second-order valence-corrected chi connectivity index (χ2v) is 5.94. The SMILES string of the molecule is CC(=O)N1CCC(NC2CCCc3cccnc32)CC1. The molecule has 1 saturated heterocycles. The first kappa shape index (κ1) is 13.6. The van der Waals surface area contributed by atoms with Crippen molar-refractivity contribution in [1.82, 2.24) is 15.2 Å². The molecule has 1 aromatic heterocycles. The quantitative estimate of drug-likeness (QED) is 0.897. The summed E-state index contributed by atoms with van der Waals surface area (Å²) in [4.78, 5) is 17.9. The number of hydrogen-bond donors (Lipinski definition) is 1. The highest BCUT2D eigenvalue weighted by molar-refractivity contribution is 5.73. The number of carbonyl (C=O) groups is 1. The molecule has 0 radical (unpaired) electrons. The van der Waals surface area contributed by atoms with Gasteiger partial charge in [0.05, 0.1) is 5.69 Å². The molecular weight excluding hydrogens is 250 g/mol. The van der Waals surface area contributed by atoms with Gasteiger partial charge in [-0.2, -0.15) is 0 Å². The van der Waals surface area contributed by atoms with Crippen LogP contribution in [-0.4, -0.2) is 34.9 Å². The molecule has 1 unspecified atom stereocenters. The predicted molar refractivity (Wildman–Crippen MR) is 78.3 cm³/mol. The van der Waals surface area contributed by atoms with E-state index in [-0.39, 0.29) is 5.91 Å². The average Bonchev–Trinajstić information content (AvgIpc) is 2.48. The van der Waals surface area contributed by atoms with Gasteiger partial charge < -0.3 is 10.2 Å². The number of nitrogens with one attached hydrogen (secondary N) is 1. The number of hydrogen-bond acceptors (Lipinski definition) is 3. The molecule has 2 heterocycles. The van der Waals surface area contributed by atoms with Gasteiger partial charge in [0.1, 0.15) is 0 Å². The number of amides is 1. The van der Waals surface area contributed by atoms with E-state index in [1.165, 1.54) is 24.1 Å². The van der Waals surface area contributed by atoms with Gasteiger partial charge in [-0.05, 0) is 43.7 Å². The van der Waals surface area contributed by atoms with Crippen LogP contribution in [0, 0.1) is 0 Å². The van der Waals surface area contributed by atoms with Gasteiger partial charge in [0.25, 0.3) is 0 Å². The molecule has 3 rings (SSSR count). The Balaban J connectivity index is 1.61. The van der Waals surface area contributed by atoms with Crippen LogP contribution in [0.4, 0.5) is 0 Å². The minimum Gasteiger partial charge on any atom is -0.343 e. The van der Waals surface area contributed by atoms with E-state index >= 15 is 0 Å². The molecule has 4 nitrogen and oxygen atoms in total. The van der Waals surface area contributed by atoms with E-state index in [9.17, 15) is 4.79 Å². The van der Waals surface area contributed by atoms with E-state index in [0.29, 0.717) is 12.1 Å². The molecule has 1 aromatic rings. The topological polar surface area (TPSA) is 45.2 Å². The number of likely N-dealkylation sites (tertiary alicyclic amines) is 1. The fourth-order valence-electron chi connectivity index (χ4n) is 3.42. The summed E-state index contributed by atoms with van der Waals surface area (Å²) < 4.78 is 0. The lowest BCUT2D eigenvalue weighted by Gasteiger charge is -2.35. The molecule has 1 aliphatic carbocycles. The minimum absolute atomic E-state index is 0.202. The number of pyridine rings is 1. The summed E-state index contributed by atoms with van der Waals surface area (Å²) in [6.45, 7) is 3.43. The zero-order valence-electron chi connectivity index (χ0n) is 12.1. The summed E-state index contributed by atoms with van der Waals surface area (Å²) in [6, 6.07) is 5.15. The highest BCUT2D eigenvalue weighted by Crippen LogP contribution is 2.29. The molecule has 1 amide bonds. The number of piperidine rings is 1.